The molecule has 2 heterocycles. The van der Waals surface area contributed by atoms with E-state index in [2.05, 4.69) is 11.8 Å². The van der Waals surface area contributed by atoms with E-state index in [4.69, 9.17) is 11.6 Å². The van der Waals surface area contributed by atoms with Gasteiger partial charge in [-0.1, -0.05) is 32.6 Å². The van der Waals surface area contributed by atoms with Gasteiger partial charge in [0.1, 0.15) is 0 Å². The van der Waals surface area contributed by atoms with E-state index in [0.29, 0.717) is 5.38 Å². The fraction of sp³-hybridized carbons (Fsp3) is 1.00. The maximum absolute atomic E-state index is 6.29. The van der Waals surface area contributed by atoms with E-state index >= 15 is 0 Å². The average molecular weight is 244 g/mol. The van der Waals surface area contributed by atoms with Gasteiger partial charge in [-0.2, -0.15) is 0 Å². The first kappa shape index (κ1) is 12.7. The summed E-state index contributed by atoms with van der Waals surface area (Å²) >= 11 is 6.29. The molecule has 2 saturated heterocycles. The Kier molecular flexibility index (Phi) is 4.97. The van der Waals surface area contributed by atoms with E-state index in [-0.39, 0.29) is 0 Å². The van der Waals surface area contributed by atoms with Crippen LogP contribution in [-0.4, -0.2) is 28.9 Å². The van der Waals surface area contributed by atoms with Crippen molar-refractivity contribution < 1.29 is 0 Å². The summed E-state index contributed by atoms with van der Waals surface area (Å²) in [5.41, 5.74) is 0. The van der Waals surface area contributed by atoms with Crippen molar-refractivity contribution in [3.05, 3.63) is 0 Å². The Morgan fingerprint density at radius 1 is 1.00 bits per heavy atom. The Balaban J connectivity index is 1.66. The molecule has 1 nitrogen and oxygen atoms in total. The summed E-state index contributed by atoms with van der Waals surface area (Å²) in [6, 6.07) is 1.65. The van der Waals surface area contributed by atoms with Crippen molar-refractivity contribution in [3.8, 4) is 0 Å². The van der Waals surface area contributed by atoms with Crippen LogP contribution < -0.4 is 0 Å². The third-order valence-corrected chi connectivity index (χ3v) is 4.70. The molecule has 0 amide bonds. The zero-order valence-electron chi connectivity index (χ0n) is 10.6. The van der Waals surface area contributed by atoms with Crippen LogP contribution in [0, 0.1) is 0 Å². The number of unbranched alkanes of at least 4 members (excludes halogenated alkanes) is 4. The molecule has 0 aromatic rings. The fourth-order valence-corrected chi connectivity index (χ4v) is 3.88. The molecule has 0 radical (unpaired) electrons. The molecule has 2 fully saturated rings. The van der Waals surface area contributed by atoms with E-state index in [1.165, 1.54) is 64.3 Å². The highest BCUT2D eigenvalue weighted by molar-refractivity contribution is 6.20. The lowest BCUT2D eigenvalue weighted by atomic mass is 10.0. The van der Waals surface area contributed by atoms with E-state index in [0.717, 1.165) is 12.1 Å². The second-order valence-corrected chi connectivity index (χ2v) is 6.22. The quantitative estimate of drug-likeness (QED) is 0.500. The molecule has 2 aliphatic rings. The van der Waals surface area contributed by atoms with Crippen molar-refractivity contribution in [2.24, 2.45) is 0 Å². The third-order valence-electron chi connectivity index (χ3n) is 4.35. The molecule has 16 heavy (non-hydrogen) atoms. The molecule has 0 saturated carbocycles. The predicted molar refractivity (Wildman–Crippen MR) is 71.2 cm³/mol. The van der Waals surface area contributed by atoms with Crippen molar-refractivity contribution in [1.29, 1.82) is 0 Å². The summed E-state index contributed by atoms with van der Waals surface area (Å²) in [7, 11) is 0. The molecule has 0 spiro atoms. The van der Waals surface area contributed by atoms with E-state index in [9.17, 15) is 0 Å². The summed E-state index contributed by atoms with van der Waals surface area (Å²) in [6.45, 7) is 3.62. The maximum Gasteiger partial charge on any atom is 0.0365 e. The average Bonchev–Trinajstić information content (AvgIpc) is 2.51. The van der Waals surface area contributed by atoms with Crippen LogP contribution in [0.3, 0.4) is 0 Å². The minimum absolute atomic E-state index is 0.467. The Morgan fingerprint density at radius 2 is 1.62 bits per heavy atom. The van der Waals surface area contributed by atoms with Gasteiger partial charge in [-0.25, -0.2) is 0 Å². The molecule has 2 atom stereocenters. The predicted octanol–water partition coefficient (Wildman–Crippen LogP) is 4.19. The third kappa shape index (κ3) is 3.13. The van der Waals surface area contributed by atoms with Gasteiger partial charge < -0.3 is 0 Å². The highest BCUT2D eigenvalue weighted by Gasteiger charge is 2.39. The highest BCUT2D eigenvalue weighted by atomic mass is 35.5. The van der Waals surface area contributed by atoms with Crippen LogP contribution in [0.25, 0.3) is 0 Å². The molecule has 2 bridgehead atoms. The molecule has 0 aliphatic carbocycles. The first-order chi connectivity index (χ1) is 7.81. The van der Waals surface area contributed by atoms with Gasteiger partial charge >= 0.3 is 0 Å². The Morgan fingerprint density at radius 3 is 2.25 bits per heavy atom. The van der Waals surface area contributed by atoms with Crippen molar-refractivity contribution >= 4 is 11.6 Å². The lowest BCUT2D eigenvalue weighted by molar-refractivity contribution is 0.140. The summed E-state index contributed by atoms with van der Waals surface area (Å²) in [6.07, 6.45) is 12.3. The van der Waals surface area contributed by atoms with Crippen LogP contribution in [0.5, 0.6) is 0 Å². The SMILES string of the molecule is CCCCCCCN1C2CCC1CC(Cl)C2. The minimum atomic E-state index is 0.467. The maximum atomic E-state index is 6.29. The normalized spacial score (nSPS) is 34.5. The van der Waals surface area contributed by atoms with Gasteiger partial charge in [0.2, 0.25) is 0 Å². The smallest absolute Gasteiger partial charge is 0.0365 e. The first-order valence-corrected chi connectivity index (χ1v) is 7.64. The summed E-state index contributed by atoms with van der Waals surface area (Å²) in [5.74, 6) is 0. The zero-order valence-corrected chi connectivity index (χ0v) is 11.4. The molecule has 0 aromatic carbocycles. The van der Waals surface area contributed by atoms with Crippen LogP contribution in [0.1, 0.15) is 64.7 Å². The number of rotatable bonds is 6. The first-order valence-electron chi connectivity index (χ1n) is 7.21. The Bertz CT molecular complexity index is 193. The van der Waals surface area contributed by atoms with Crippen LogP contribution in [0.2, 0.25) is 0 Å². The lowest BCUT2D eigenvalue weighted by Crippen LogP contribution is -2.43. The summed E-state index contributed by atoms with van der Waals surface area (Å²) < 4.78 is 0. The zero-order chi connectivity index (χ0) is 11.4. The van der Waals surface area contributed by atoms with E-state index in [1.807, 2.05) is 0 Å². The van der Waals surface area contributed by atoms with Gasteiger partial charge in [0, 0.05) is 17.5 Å². The standard InChI is InChI=1S/C14H26ClN/c1-2-3-4-5-6-9-16-13-7-8-14(16)11-12(15)10-13/h12-14H,2-11H2,1H3. The number of alkyl halides is 1. The molecular formula is C14H26ClN. The largest absolute Gasteiger partial charge is 0.297 e. The summed E-state index contributed by atoms with van der Waals surface area (Å²) in [4.78, 5) is 2.77. The second kappa shape index (κ2) is 6.26. The Labute approximate surface area is 106 Å². The van der Waals surface area contributed by atoms with Gasteiger partial charge in [-0.15, -0.1) is 11.6 Å². The topological polar surface area (TPSA) is 3.24 Å². The molecule has 2 rings (SSSR count). The molecule has 2 unspecified atom stereocenters. The molecular weight excluding hydrogens is 218 g/mol. The van der Waals surface area contributed by atoms with Crippen LogP contribution in [-0.2, 0) is 0 Å². The van der Waals surface area contributed by atoms with Gasteiger partial charge in [0.05, 0.1) is 0 Å². The Hall–Kier alpha value is 0.250. The molecule has 0 aromatic heterocycles. The number of fused-ring (bicyclic) bond motifs is 2. The van der Waals surface area contributed by atoms with Crippen molar-refractivity contribution in [1.82, 2.24) is 4.90 Å². The van der Waals surface area contributed by atoms with Crippen molar-refractivity contribution in [2.75, 3.05) is 6.54 Å². The highest BCUT2D eigenvalue weighted by Crippen LogP contribution is 2.37. The van der Waals surface area contributed by atoms with Gasteiger partial charge in [0.25, 0.3) is 0 Å². The summed E-state index contributed by atoms with van der Waals surface area (Å²) in [5, 5.41) is 0.467. The van der Waals surface area contributed by atoms with Gasteiger partial charge in [-0.3, -0.25) is 4.90 Å². The van der Waals surface area contributed by atoms with Gasteiger partial charge in [-0.05, 0) is 38.6 Å². The number of hydrogen-bond acceptors (Lipinski definition) is 1. The second-order valence-electron chi connectivity index (χ2n) is 5.61. The van der Waals surface area contributed by atoms with Crippen LogP contribution in [0.4, 0.5) is 0 Å². The number of halogens is 1. The van der Waals surface area contributed by atoms with Crippen molar-refractivity contribution in [3.63, 3.8) is 0 Å². The van der Waals surface area contributed by atoms with Crippen LogP contribution >= 0.6 is 11.6 Å². The number of nitrogens with zero attached hydrogens (tertiary/aromatic N) is 1. The van der Waals surface area contributed by atoms with E-state index in [1.54, 1.807) is 0 Å². The van der Waals surface area contributed by atoms with Crippen LogP contribution in [0.15, 0.2) is 0 Å². The monoisotopic (exact) mass is 243 g/mol. The van der Waals surface area contributed by atoms with Crippen molar-refractivity contribution in [2.45, 2.75) is 82.2 Å². The number of hydrogen-bond donors (Lipinski definition) is 0. The molecule has 0 N–H and O–H groups in total. The molecule has 94 valence electrons. The number of piperidine rings is 1. The van der Waals surface area contributed by atoms with E-state index < -0.39 is 0 Å². The fourth-order valence-electron chi connectivity index (χ4n) is 3.47. The lowest BCUT2D eigenvalue weighted by Gasteiger charge is -2.37. The minimum Gasteiger partial charge on any atom is -0.297 e. The molecule has 2 heteroatoms. The molecule has 2 aliphatic heterocycles. The van der Waals surface area contributed by atoms with Gasteiger partial charge in [0.15, 0.2) is 0 Å².